The predicted octanol–water partition coefficient (Wildman–Crippen LogP) is 2.88. The zero-order chi connectivity index (χ0) is 11.8. The number of aliphatic hydroxyl groups is 1. The predicted molar refractivity (Wildman–Crippen MR) is 49.2 cm³/mol. The van der Waals surface area contributed by atoms with Crippen LogP contribution in [0.25, 0.3) is 6.08 Å². The number of rotatable bonds is 1. The zero-order valence-corrected chi connectivity index (χ0v) is 7.91. The maximum Gasteiger partial charge on any atom is 0.573 e. The highest BCUT2D eigenvalue weighted by atomic mass is 19.4. The molecule has 6 heteroatoms. The van der Waals surface area contributed by atoms with Crippen molar-refractivity contribution in [1.82, 2.24) is 0 Å². The second-order valence-corrected chi connectivity index (χ2v) is 3.17. The van der Waals surface area contributed by atoms with Gasteiger partial charge >= 0.3 is 6.36 Å². The zero-order valence-electron chi connectivity index (χ0n) is 7.91. The highest BCUT2D eigenvalue weighted by molar-refractivity contribution is 5.62. The first-order valence-electron chi connectivity index (χ1n) is 4.36. The first-order valence-corrected chi connectivity index (χ1v) is 4.36. The maximum atomic E-state index is 11.9. The number of halogens is 3. The van der Waals surface area contributed by atoms with Gasteiger partial charge in [0.25, 0.3) is 0 Å². The minimum absolute atomic E-state index is 0.0203. The van der Waals surface area contributed by atoms with E-state index in [-0.39, 0.29) is 18.1 Å². The van der Waals surface area contributed by atoms with Gasteiger partial charge in [-0.05, 0) is 24.3 Å². The summed E-state index contributed by atoms with van der Waals surface area (Å²) in [6, 6.07) is 3.67. The molecule has 1 aromatic rings. The molecular weight excluding hydrogens is 225 g/mol. The molecule has 0 unspecified atom stereocenters. The van der Waals surface area contributed by atoms with E-state index in [9.17, 15) is 13.2 Å². The highest BCUT2D eigenvalue weighted by Gasteiger charge is 2.31. The molecule has 0 atom stereocenters. The molecule has 0 saturated heterocycles. The van der Waals surface area contributed by atoms with Crippen molar-refractivity contribution < 1.29 is 27.8 Å². The van der Waals surface area contributed by atoms with Crippen molar-refractivity contribution in [3.05, 3.63) is 29.5 Å². The Labute approximate surface area is 88.7 Å². The van der Waals surface area contributed by atoms with Gasteiger partial charge in [-0.2, -0.15) is 0 Å². The molecular formula is C10H7F3O3. The number of alkyl halides is 3. The highest BCUT2D eigenvalue weighted by Crippen LogP contribution is 2.31. The van der Waals surface area contributed by atoms with Crippen LogP contribution in [0.15, 0.2) is 24.0 Å². The van der Waals surface area contributed by atoms with Crippen LogP contribution in [0.1, 0.15) is 5.56 Å². The SMILES string of the molecule is OC1=Cc2cc(OC(F)(F)F)ccc2OC1. The summed E-state index contributed by atoms with van der Waals surface area (Å²) in [5.41, 5.74) is 0.352. The Kier molecular flexibility index (Phi) is 2.41. The Bertz CT molecular complexity index is 437. The van der Waals surface area contributed by atoms with Crippen molar-refractivity contribution in [2.45, 2.75) is 6.36 Å². The average molecular weight is 232 g/mol. The number of aliphatic hydroxyl groups excluding tert-OH is 1. The Morgan fingerprint density at radius 2 is 2.06 bits per heavy atom. The summed E-state index contributed by atoms with van der Waals surface area (Å²) in [7, 11) is 0. The summed E-state index contributed by atoms with van der Waals surface area (Å²) < 4.78 is 44.6. The van der Waals surface area contributed by atoms with Crippen LogP contribution in [0.5, 0.6) is 11.5 Å². The third-order valence-corrected chi connectivity index (χ3v) is 1.91. The summed E-state index contributed by atoms with van der Waals surface area (Å²) in [6.07, 6.45) is -3.39. The fourth-order valence-electron chi connectivity index (χ4n) is 1.34. The van der Waals surface area contributed by atoms with Crippen molar-refractivity contribution >= 4 is 6.08 Å². The number of benzene rings is 1. The van der Waals surface area contributed by atoms with Crippen molar-refractivity contribution in [3.63, 3.8) is 0 Å². The van der Waals surface area contributed by atoms with Gasteiger partial charge in [0.1, 0.15) is 23.9 Å². The average Bonchev–Trinajstić information content (AvgIpc) is 2.14. The van der Waals surface area contributed by atoms with E-state index in [0.29, 0.717) is 11.3 Å². The van der Waals surface area contributed by atoms with Crippen LogP contribution < -0.4 is 9.47 Å². The van der Waals surface area contributed by atoms with E-state index in [0.717, 1.165) is 12.1 Å². The van der Waals surface area contributed by atoms with Crippen molar-refractivity contribution in [3.8, 4) is 11.5 Å². The molecule has 0 radical (unpaired) electrons. The summed E-state index contributed by atoms with van der Waals surface area (Å²) in [5, 5.41) is 9.15. The summed E-state index contributed by atoms with van der Waals surface area (Å²) in [6.45, 7) is 0.0203. The van der Waals surface area contributed by atoms with Gasteiger partial charge in [0, 0.05) is 5.56 Å². The Hall–Kier alpha value is -1.85. The van der Waals surface area contributed by atoms with E-state index < -0.39 is 6.36 Å². The van der Waals surface area contributed by atoms with Gasteiger partial charge in [-0.1, -0.05) is 0 Å². The van der Waals surface area contributed by atoms with Gasteiger partial charge in [0.15, 0.2) is 0 Å². The molecule has 86 valence electrons. The molecule has 1 aliphatic heterocycles. The Morgan fingerprint density at radius 1 is 1.31 bits per heavy atom. The van der Waals surface area contributed by atoms with Crippen LogP contribution in [0.4, 0.5) is 13.2 Å². The molecule has 0 spiro atoms. The quantitative estimate of drug-likeness (QED) is 0.809. The molecule has 1 N–H and O–H groups in total. The largest absolute Gasteiger partial charge is 0.573 e. The molecule has 2 rings (SSSR count). The number of fused-ring (bicyclic) bond motifs is 1. The first-order chi connectivity index (χ1) is 7.44. The lowest BCUT2D eigenvalue weighted by Gasteiger charge is -2.16. The molecule has 0 fully saturated rings. The van der Waals surface area contributed by atoms with Crippen molar-refractivity contribution in [1.29, 1.82) is 0 Å². The topological polar surface area (TPSA) is 38.7 Å². The molecule has 1 aromatic carbocycles. The maximum absolute atomic E-state index is 11.9. The lowest BCUT2D eigenvalue weighted by atomic mass is 10.1. The molecule has 0 saturated carbocycles. The van der Waals surface area contributed by atoms with Crippen LogP contribution in [-0.4, -0.2) is 18.1 Å². The van der Waals surface area contributed by atoms with E-state index in [2.05, 4.69) is 4.74 Å². The Morgan fingerprint density at radius 3 is 2.75 bits per heavy atom. The number of ether oxygens (including phenoxy) is 2. The summed E-state index contributed by atoms with van der Waals surface area (Å²) in [4.78, 5) is 0. The van der Waals surface area contributed by atoms with Crippen LogP contribution in [0, 0.1) is 0 Å². The third-order valence-electron chi connectivity index (χ3n) is 1.91. The van der Waals surface area contributed by atoms with E-state index in [1.54, 1.807) is 0 Å². The second kappa shape index (κ2) is 3.62. The van der Waals surface area contributed by atoms with Gasteiger partial charge in [-0.25, -0.2) is 0 Å². The minimum atomic E-state index is -4.73. The number of hydrogen-bond donors (Lipinski definition) is 1. The second-order valence-electron chi connectivity index (χ2n) is 3.17. The van der Waals surface area contributed by atoms with Crippen LogP contribution in [0.2, 0.25) is 0 Å². The molecule has 0 bridgehead atoms. The van der Waals surface area contributed by atoms with Crippen LogP contribution in [-0.2, 0) is 0 Å². The standard InChI is InChI=1S/C10H7F3O3/c11-10(12,13)16-8-1-2-9-6(4-8)3-7(14)5-15-9/h1-4,14H,5H2. The van der Waals surface area contributed by atoms with E-state index in [1.165, 1.54) is 12.1 Å². The molecule has 1 heterocycles. The number of hydrogen-bond acceptors (Lipinski definition) is 3. The van der Waals surface area contributed by atoms with Crippen LogP contribution in [0.3, 0.4) is 0 Å². The van der Waals surface area contributed by atoms with Gasteiger partial charge in [-0.3, -0.25) is 0 Å². The molecule has 0 aromatic heterocycles. The molecule has 0 amide bonds. The summed E-state index contributed by atoms with van der Waals surface area (Å²) in [5.74, 6) is 0.0183. The van der Waals surface area contributed by atoms with Gasteiger partial charge in [0.05, 0.1) is 0 Å². The van der Waals surface area contributed by atoms with Gasteiger partial charge in [0.2, 0.25) is 0 Å². The van der Waals surface area contributed by atoms with Gasteiger partial charge in [-0.15, -0.1) is 13.2 Å². The monoisotopic (exact) mass is 232 g/mol. The van der Waals surface area contributed by atoms with E-state index in [4.69, 9.17) is 9.84 Å². The summed E-state index contributed by atoms with van der Waals surface area (Å²) >= 11 is 0. The third kappa shape index (κ3) is 2.39. The van der Waals surface area contributed by atoms with Crippen LogP contribution >= 0.6 is 0 Å². The smallest absolute Gasteiger partial charge is 0.509 e. The van der Waals surface area contributed by atoms with Gasteiger partial charge < -0.3 is 14.6 Å². The van der Waals surface area contributed by atoms with Crippen molar-refractivity contribution in [2.24, 2.45) is 0 Å². The lowest BCUT2D eigenvalue weighted by Crippen LogP contribution is -2.17. The minimum Gasteiger partial charge on any atom is -0.509 e. The molecule has 1 aliphatic rings. The van der Waals surface area contributed by atoms with E-state index >= 15 is 0 Å². The molecule has 0 aliphatic carbocycles. The molecule has 3 nitrogen and oxygen atoms in total. The van der Waals surface area contributed by atoms with Crippen molar-refractivity contribution in [2.75, 3.05) is 6.61 Å². The fourth-order valence-corrected chi connectivity index (χ4v) is 1.34. The Balaban J connectivity index is 2.29. The molecule has 16 heavy (non-hydrogen) atoms. The normalized spacial score (nSPS) is 14.8. The lowest BCUT2D eigenvalue weighted by molar-refractivity contribution is -0.274. The fraction of sp³-hybridized carbons (Fsp3) is 0.200. The van der Waals surface area contributed by atoms with E-state index in [1.807, 2.05) is 0 Å². The first kappa shape index (κ1) is 10.7.